The third-order valence-electron chi connectivity index (χ3n) is 2.58. The highest BCUT2D eigenvalue weighted by Crippen LogP contribution is 2.22. The van der Waals surface area contributed by atoms with Crippen molar-refractivity contribution in [1.29, 1.82) is 0 Å². The number of hydrogen-bond acceptors (Lipinski definition) is 5. The standard InChI is InChI=1S/C13H12ClN3O3/c14-12-8-11(17(18)19)9-13(16-12)20-7-1-2-10-3-5-15-6-4-10/h3-6,8-9H,1-2,7H2. The van der Waals surface area contributed by atoms with Gasteiger partial charge in [-0.1, -0.05) is 11.6 Å². The Bertz CT molecular complexity index is 593. The second kappa shape index (κ2) is 6.81. The second-order valence-corrected chi connectivity index (χ2v) is 4.44. The average molecular weight is 294 g/mol. The van der Waals surface area contributed by atoms with Crippen molar-refractivity contribution in [1.82, 2.24) is 9.97 Å². The summed E-state index contributed by atoms with van der Waals surface area (Å²) < 4.78 is 5.38. The van der Waals surface area contributed by atoms with Crippen LogP contribution in [0.4, 0.5) is 5.69 Å². The average Bonchev–Trinajstić information content (AvgIpc) is 2.44. The van der Waals surface area contributed by atoms with Gasteiger partial charge >= 0.3 is 0 Å². The molecule has 0 fully saturated rings. The topological polar surface area (TPSA) is 78.2 Å². The predicted molar refractivity (Wildman–Crippen MR) is 74.0 cm³/mol. The van der Waals surface area contributed by atoms with Gasteiger partial charge in [0.25, 0.3) is 5.69 Å². The van der Waals surface area contributed by atoms with Crippen LogP contribution in [0.1, 0.15) is 12.0 Å². The normalized spacial score (nSPS) is 10.2. The first-order valence-corrected chi connectivity index (χ1v) is 6.36. The minimum absolute atomic E-state index is 0.0448. The molecule has 0 amide bonds. The maximum absolute atomic E-state index is 10.7. The molecule has 104 valence electrons. The monoisotopic (exact) mass is 293 g/mol. The quantitative estimate of drug-likeness (QED) is 0.354. The first kappa shape index (κ1) is 14.2. The lowest BCUT2D eigenvalue weighted by molar-refractivity contribution is -0.385. The van der Waals surface area contributed by atoms with E-state index in [0.29, 0.717) is 6.61 Å². The molecule has 0 N–H and O–H groups in total. The molecule has 0 saturated carbocycles. The maximum atomic E-state index is 10.7. The Morgan fingerprint density at radius 3 is 2.75 bits per heavy atom. The smallest absolute Gasteiger partial charge is 0.277 e. The summed E-state index contributed by atoms with van der Waals surface area (Å²) in [7, 11) is 0. The predicted octanol–water partition coefficient (Wildman–Crippen LogP) is 3.05. The summed E-state index contributed by atoms with van der Waals surface area (Å²) in [6.07, 6.45) is 5.08. The molecule has 0 spiro atoms. The van der Waals surface area contributed by atoms with Gasteiger partial charge in [0, 0.05) is 12.4 Å². The lowest BCUT2D eigenvalue weighted by Gasteiger charge is -2.05. The molecule has 6 nitrogen and oxygen atoms in total. The van der Waals surface area contributed by atoms with E-state index in [2.05, 4.69) is 9.97 Å². The number of aryl methyl sites for hydroxylation is 1. The molecule has 20 heavy (non-hydrogen) atoms. The third-order valence-corrected chi connectivity index (χ3v) is 2.77. The second-order valence-electron chi connectivity index (χ2n) is 4.05. The largest absolute Gasteiger partial charge is 0.477 e. The number of hydrogen-bond donors (Lipinski definition) is 0. The fourth-order valence-corrected chi connectivity index (χ4v) is 1.84. The number of nitrogens with zero attached hydrogens (tertiary/aromatic N) is 3. The van der Waals surface area contributed by atoms with Crippen LogP contribution in [0.25, 0.3) is 0 Å². The Balaban J connectivity index is 1.86. The van der Waals surface area contributed by atoms with Crippen molar-refractivity contribution in [2.24, 2.45) is 0 Å². The number of halogens is 1. The summed E-state index contributed by atoms with van der Waals surface area (Å²) in [4.78, 5) is 18.0. The lowest BCUT2D eigenvalue weighted by Crippen LogP contribution is -2.02. The van der Waals surface area contributed by atoms with Crippen LogP contribution in [0, 0.1) is 10.1 Å². The summed E-state index contributed by atoms with van der Waals surface area (Å²) in [6, 6.07) is 6.31. The van der Waals surface area contributed by atoms with Gasteiger partial charge in [0.15, 0.2) is 0 Å². The number of rotatable bonds is 6. The number of ether oxygens (including phenoxy) is 1. The molecular weight excluding hydrogens is 282 g/mol. The van der Waals surface area contributed by atoms with Gasteiger partial charge in [-0.25, -0.2) is 4.98 Å². The molecule has 0 atom stereocenters. The van der Waals surface area contributed by atoms with Crippen LogP contribution in [0.5, 0.6) is 5.88 Å². The summed E-state index contributed by atoms with van der Waals surface area (Å²) >= 11 is 5.70. The summed E-state index contributed by atoms with van der Waals surface area (Å²) in [5, 5.41) is 10.7. The molecule has 2 aromatic rings. The van der Waals surface area contributed by atoms with Crippen molar-refractivity contribution in [2.45, 2.75) is 12.8 Å². The first-order valence-electron chi connectivity index (χ1n) is 5.99. The molecule has 0 aromatic carbocycles. The van der Waals surface area contributed by atoms with Crippen molar-refractivity contribution in [3.05, 3.63) is 57.5 Å². The van der Waals surface area contributed by atoms with E-state index in [1.807, 2.05) is 12.1 Å². The van der Waals surface area contributed by atoms with Crippen LogP contribution >= 0.6 is 11.6 Å². The third kappa shape index (κ3) is 4.17. The highest BCUT2D eigenvalue weighted by Gasteiger charge is 2.10. The van der Waals surface area contributed by atoms with Crippen molar-refractivity contribution < 1.29 is 9.66 Å². The lowest BCUT2D eigenvalue weighted by atomic mass is 10.1. The molecule has 0 bridgehead atoms. The van der Waals surface area contributed by atoms with E-state index < -0.39 is 4.92 Å². The Kier molecular flexibility index (Phi) is 4.84. The van der Waals surface area contributed by atoms with Gasteiger partial charge in [0.05, 0.1) is 23.7 Å². The van der Waals surface area contributed by atoms with Crippen molar-refractivity contribution in [3.8, 4) is 5.88 Å². The minimum Gasteiger partial charge on any atom is -0.477 e. The minimum atomic E-state index is -0.530. The van der Waals surface area contributed by atoms with E-state index in [-0.39, 0.29) is 16.7 Å². The SMILES string of the molecule is O=[N+]([O-])c1cc(Cl)nc(OCCCc2ccncc2)c1. The fourth-order valence-electron chi connectivity index (χ4n) is 1.64. The molecular formula is C13H12ClN3O3. The Morgan fingerprint density at radius 2 is 2.05 bits per heavy atom. The number of aromatic nitrogens is 2. The highest BCUT2D eigenvalue weighted by atomic mass is 35.5. The van der Waals surface area contributed by atoms with Gasteiger partial charge in [-0.3, -0.25) is 15.1 Å². The Hall–Kier alpha value is -2.21. The molecule has 2 aromatic heterocycles. The van der Waals surface area contributed by atoms with Gasteiger partial charge in [0.2, 0.25) is 5.88 Å². The summed E-state index contributed by atoms with van der Waals surface area (Å²) in [5.74, 6) is 0.166. The van der Waals surface area contributed by atoms with Crippen LogP contribution in [-0.2, 0) is 6.42 Å². The van der Waals surface area contributed by atoms with E-state index in [4.69, 9.17) is 16.3 Å². The van der Waals surface area contributed by atoms with Gasteiger partial charge in [0.1, 0.15) is 5.15 Å². The van der Waals surface area contributed by atoms with Gasteiger partial charge < -0.3 is 4.74 Å². The molecule has 0 radical (unpaired) electrons. The van der Waals surface area contributed by atoms with Gasteiger partial charge in [-0.2, -0.15) is 0 Å². The van der Waals surface area contributed by atoms with Gasteiger partial charge in [-0.15, -0.1) is 0 Å². The first-order chi connectivity index (χ1) is 9.65. The summed E-state index contributed by atoms with van der Waals surface area (Å²) in [5.41, 5.74) is 1.03. The highest BCUT2D eigenvalue weighted by molar-refractivity contribution is 6.29. The van der Waals surface area contributed by atoms with E-state index in [1.54, 1.807) is 12.4 Å². The van der Waals surface area contributed by atoms with E-state index in [9.17, 15) is 10.1 Å². The van der Waals surface area contributed by atoms with Crippen LogP contribution in [0.2, 0.25) is 5.15 Å². The zero-order chi connectivity index (χ0) is 14.4. The molecule has 7 heteroatoms. The van der Waals surface area contributed by atoms with Gasteiger partial charge in [-0.05, 0) is 30.5 Å². The number of nitro groups is 1. The zero-order valence-corrected chi connectivity index (χ0v) is 11.3. The maximum Gasteiger partial charge on any atom is 0.277 e. The van der Waals surface area contributed by atoms with Crippen LogP contribution in [-0.4, -0.2) is 21.5 Å². The molecule has 2 heterocycles. The molecule has 2 rings (SSSR count). The van der Waals surface area contributed by atoms with Crippen molar-refractivity contribution in [3.63, 3.8) is 0 Å². The molecule has 0 aliphatic rings. The summed E-state index contributed by atoms with van der Waals surface area (Å²) in [6.45, 7) is 0.410. The zero-order valence-electron chi connectivity index (χ0n) is 10.5. The molecule has 0 unspecified atom stereocenters. The fraction of sp³-hybridized carbons (Fsp3) is 0.231. The van der Waals surface area contributed by atoms with E-state index in [1.165, 1.54) is 12.1 Å². The molecule has 0 saturated heterocycles. The Morgan fingerprint density at radius 1 is 1.30 bits per heavy atom. The van der Waals surface area contributed by atoms with Crippen LogP contribution < -0.4 is 4.74 Å². The van der Waals surface area contributed by atoms with Crippen LogP contribution in [0.3, 0.4) is 0 Å². The molecule has 0 aliphatic carbocycles. The van der Waals surface area contributed by atoms with Crippen molar-refractivity contribution >= 4 is 17.3 Å². The van der Waals surface area contributed by atoms with Crippen LogP contribution in [0.15, 0.2) is 36.7 Å². The van der Waals surface area contributed by atoms with E-state index >= 15 is 0 Å². The van der Waals surface area contributed by atoms with Crippen molar-refractivity contribution in [2.75, 3.05) is 6.61 Å². The van der Waals surface area contributed by atoms with E-state index in [0.717, 1.165) is 18.4 Å². The number of pyridine rings is 2. The molecule has 0 aliphatic heterocycles. The Labute approximate surface area is 120 Å².